The Morgan fingerprint density at radius 3 is 2.38 bits per heavy atom. The highest BCUT2D eigenvalue weighted by Gasteiger charge is 2.45. The second-order valence-electron chi connectivity index (χ2n) is 5.38. The van der Waals surface area contributed by atoms with Gasteiger partial charge in [-0.15, -0.1) is 0 Å². The average Bonchev–Trinajstić information content (AvgIpc) is 2.62. The number of aliphatic hydroxyl groups excluding tert-OH is 3. The van der Waals surface area contributed by atoms with Gasteiger partial charge in [-0.25, -0.2) is 4.79 Å². The summed E-state index contributed by atoms with van der Waals surface area (Å²) in [5.41, 5.74) is -0.154. The molecule has 0 unspecified atom stereocenters. The van der Waals surface area contributed by atoms with E-state index < -0.39 is 48.4 Å². The van der Waals surface area contributed by atoms with Crippen LogP contribution in [0.15, 0.2) is 24.3 Å². The molecule has 11 nitrogen and oxygen atoms in total. The molecule has 3 N–H and O–H groups in total. The molecule has 0 aromatic heterocycles. The maximum Gasteiger partial charge on any atom is 0.508 e. The minimum atomic E-state index is -1.62. The highest BCUT2D eigenvalue weighted by atomic mass is 16.7. The van der Waals surface area contributed by atoms with Crippen LogP contribution in [0, 0.1) is 10.1 Å². The van der Waals surface area contributed by atoms with E-state index >= 15 is 0 Å². The normalized spacial score (nSPS) is 28.2. The van der Waals surface area contributed by atoms with Gasteiger partial charge in [0.05, 0.1) is 11.5 Å². The van der Waals surface area contributed by atoms with Crippen LogP contribution in [0.4, 0.5) is 10.5 Å². The minimum Gasteiger partial charge on any atom is -0.462 e. The van der Waals surface area contributed by atoms with Crippen molar-refractivity contribution in [2.24, 2.45) is 0 Å². The maximum absolute atomic E-state index is 11.2. The molecule has 1 aliphatic rings. The smallest absolute Gasteiger partial charge is 0.462 e. The lowest BCUT2D eigenvalue weighted by molar-refractivity contribution is -0.384. The zero-order valence-corrected chi connectivity index (χ0v) is 13.8. The van der Waals surface area contributed by atoms with Crippen LogP contribution in [-0.2, 0) is 14.2 Å². The molecule has 1 saturated heterocycles. The standard InChI is InChI=1S/C15H19NO10/c1-2-23-15(20)24-7-10-11(17)12(18)13(19)14(26-10)25-9-5-3-8(4-6-9)16(21)22/h3-6,10-14,17-19H,2,7H2,1H3/t10-,11-,12+,13-,14-/m1/s1. The summed E-state index contributed by atoms with van der Waals surface area (Å²) in [4.78, 5) is 21.3. The van der Waals surface area contributed by atoms with Gasteiger partial charge in [0.25, 0.3) is 5.69 Å². The van der Waals surface area contributed by atoms with Crippen molar-refractivity contribution in [3.05, 3.63) is 34.4 Å². The Kier molecular flexibility index (Phi) is 6.69. The number of nitro benzene ring substituents is 1. The largest absolute Gasteiger partial charge is 0.508 e. The van der Waals surface area contributed by atoms with Crippen LogP contribution >= 0.6 is 0 Å². The van der Waals surface area contributed by atoms with Gasteiger partial charge in [0.2, 0.25) is 6.29 Å². The molecule has 0 saturated carbocycles. The number of benzene rings is 1. The molecule has 2 rings (SSSR count). The van der Waals surface area contributed by atoms with Crippen LogP contribution in [0.25, 0.3) is 0 Å². The molecule has 0 aliphatic carbocycles. The first-order valence-corrected chi connectivity index (χ1v) is 7.73. The second-order valence-corrected chi connectivity index (χ2v) is 5.38. The molecule has 1 aliphatic heterocycles. The van der Waals surface area contributed by atoms with Gasteiger partial charge in [0.15, 0.2) is 0 Å². The Morgan fingerprint density at radius 2 is 1.81 bits per heavy atom. The predicted octanol–water partition coefficient (Wildman–Crippen LogP) is -0.0457. The van der Waals surface area contributed by atoms with Crippen LogP contribution in [-0.4, -0.2) is 70.3 Å². The van der Waals surface area contributed by atoms with E-state index in [1.807, 2.05) is 0 Å². The fraction of sp³-hybridized carbons (Fsp3) is 0.533. The van der Waals surface area contributed by atoms with Gasteiger partial charge in [-0.05, 0) is 19.1 Å². The third-order valence-electron chi connectivity index (χ3n) is 3.60. The molecule has 11 heteroatoms. The quantitative estimate of drug-likeness (QED) is 0.351. The second kappa shape index (κ2) is 8.76. The van der Waals surface area contributed by atoms with E-state index in [2.05, 4.69) is 4.74 Å². The molecular weight excluding hydrogens is 354 g/mol. The van der Waals surface area contributed by atoms with E-state index in [9.17, 15) is 30.2 Å². The van der Waals surface area contributed by atoms with Gasteiger partial charge in [-0.1, -0.05) is 0 Å². The minimum absolute atomic E-state index is 0.0974. The first-order chi connectivity index (χ1) is 12.3. The Hall–Kier alpha value is -2.47. The SMILES string of the molecule is CCOC(=O)OC[C@H]1O[C@@H](Oc2ccc([N+](=O)[O-])cc2)[C@H](O)[C@@H](O)[C@@H]1O. The molecule has 0 amide bonds. The Morgan fingerprint density at radius 1 is 1.15 bits per heavy atom. The lowest BCUT2D eigenvalue weighted by Crippen LogP contribution is -2.60. The van der Waals surface area contributed by atoms with Crippen LogP contribution in [0.1, 0.15) is 6.92 Å². The van der Waals surface area contributed by atoms with Gasteiger partial charge >= 0.3 is 6.16 Å². The van der Waals surface area contributed by atoms with Crippen molar-refractivity contribution in [2.75, 3.05) is 13.2 Å². The first-order valence-electron chi connectivity index (χ1n) is 7.73. The predicted molar refractivity (Wildman–Crippen MR) is 83.4 cm³/mol. The number of hydrogen-bond acceptors (Lipinski definition) is 10. The van der Waals surface area contributed by atoms with E-state index in [1.54, 1.807) is 6.92 Å². The van der Waals surface area contributed by atoms with E-state index in [4.69, 9.17) is 14.2 Å². The van der Waals surface area contributed by atoms with Crippen molar-refractivity contribution in [1.82, 2.24) is 0 Å². The van der Waals surface area contributed by atoms with E-state index in [0.717, 1.165) is 0 Å². The molecule has 1 fully saturated rings. The number of carbonyl (C=O) groups is 1. The highest BCUT2D eigenvalue weighted by Crippen LogP contribution is 2.26. The van der Waals surface area contributed by atoms with Gasteiger partial charge in [-0.3, -0.25) is 10.1 Å². The maximum atomic E-state index is 11.2. The first kappa shape index (κ1) is 19.8. The Bertz CT molecular complexity index is 621. The van der Waals surface area contributed by atoms with Crippen molar-refractivity contribution in [2.45, 2.75) is 37.6 Å². The summed E-state index contributed by atoms with van der Waals surface area (Å²) in [5, 5.41) is 40.5. The third-order valence-corrected chi connectivity index (χ3v) is 3.60. The number of hydrogen-bond donors (Lipinski definition) is 3. The summed E-state index contributed by atoms with van der Waals surface area (Å²) in [6.45, 7) is 1.24. The monoisotopic (exact) mass is 373 g/mol. The highest BCUT2D eigenvalue weighted by molar-refractivity contribution is 5.59. The Labute approximate surface area is 147 Å². The van der Waals surface area contributed by atoms with Crippen LogP contribution in [0.3, 0.4) is 0 Å². The molecule has 1 aromatic rings. The molecular formula is C15H19NO10. The average molecular weight is 373 g/mol. The molecule has 1 heterocycles. The molecule has 144 valence electrons. The molecule has 5 atom stereocenters. The van der Waals surface area contributed by atoms with Crippen LogP contribution in [0.2, 0.25) is 0 Å². The molecule has 0 bridgehead atoms. The van der Waals surface area contributed by atoms with Gasteiger partial charge < -0.3 is 34.3 Å². The zero-order chi connectivity index (χ0) is 19.3. The fourth-order valence-electron chi connectivity index (χ4n) is 2.24. The number of carbonyl (C=O) groups excluding carboxylic acids is 1. The fourth-order valence-corrected chi connectivity index (χ4v) is 2.24. The van der Waals surface area contributed by atoms with E-state index in [-0.39, 0.29) is 18.0 Å². The van der Waals surface area contributed by atoms with Crippen molar-refractivity contribution in [3.8, 4) is 5.75 Å². The number of rotatable bonds is 6. The zero-order valence-electron chi connectivity index (χ0n) is 13.8. The Balaban J connectivity index is 2.02. The molecule has 0 radical (unpaired) electrons. The van der Waals surface area contributed by atoms with Gasteiger partial charge in [0, 0.05) is 12.1 Å². The van der Waals surface area contributed by atoms with Crippen molar-refractivity contribution >= 4 is 11.8 Å². The summed E-state index contributed by atoms with van der Waals surface area (Å²) in [6.07, 6.45) is -8.30. The summed E-state index contributed by atoms with van der Waals surface area (Å²) in [5.74, 6) is 0.133. The van der Waals surface area contributed by atoms with E-state index in [1.165, 1.54) is 24.3 Å². The lowest BCUT2D eigenvalue weighted by Gasteiger charge is -2.39. The van der Waals surface area contributed by atoms with Crippen molar-refractivity contribution < 1.29 is 44.0 Å². The summed E-state index contributed by atoms with van der Waals surface area (Å²) in [7, 11) is 0. The number of nitro groups is 1. The van der Waals surface area contributed by atoms with Crippen molar-refractivity contribution in [3.63, 3.8) is 0 Å². The summed E-state index contributed by atoms with van der Waals surface area (Å²) >= 11 is 0. The third kappa shape index (κ3) is 4.79. The number of nitrogens with zero attached hydrogens (tertiary/aromatic N) is 1. The number of ether oxygens (including phenoxy) is 4. The van der Waals surface area contributed by atoms with Crippen molar-refractivity contribution in [1.29, 1.82) is 0 Å². The number of non-ortho nitro benzene ring substituents is 1. The lowest BCUT2D eigenvalue weighted by atomic mass is 9.99. The summed E-state index contributed by atoms with van der Waals surface area (Å²) < 4.78 is 20.0. The van der Waals surface area contributed by atoms with Crippen LogP contribution < -0.4 is 4.74 Å². The molecule has 0 spiro atoms. The summed E-state index contributed by atoms with van der Waals surface area (Å²) in [6, 6.07) is 4.96. The van der Waals surface area contributed by atoms with Gasteiger partial charge in [-0.2, -0.15) is 0 Å². The molecule has 26 heavy (non-hydrogen) atoms. The molecule has 1 aromatic carbocycles. The topological polar surface area (TPSA) is 158 Å². The van der Waals surface area contributed by atoms with Crippen LogP contribution in [0.5, 0.6) is 5.75 Å². The van der Waals surface area contributed by atoms with E-state index in [0.29, 0.717) is 0 Å². The van der Waals surface area contributed by atoms with Gasteiger partial charge in [0.1, 0.15) is 36.8 Å². The number of aliphatic hydroxyl groups is 3.